The maximum atomic E-state index is 12.8. The van der Waals surface area contributed by atoms with Gasteiger partial charge in [-0.05, 0) is 48.0 Å². The van der Waals surface area contributed by atoms with Crippen molar-refractivity contribution in [3.63, 3.8) is 0 Å². The van der Waals surface area contributed by atoms with Crippen LogP contribution in [0.2, 0.25) is 0 Å². The van der Waals surface area contributed by atoms with Gasteiger partial charge in [0, 0.05) is 5.69 Å². The standard InChI is InChI=1S/C20H16N2O4S/c23-20-13-14-12-16(10-11-17(14)21-20)27(24,25)22-18-8-4-5-9-19(18)26-15-6-2-1-3-7-15/h1-12,22H,13H2,(H,21,23). The van der Waals surface area contributed by atoms with Crippen molar-refractivity contribution in [1.82, 2.24) is 0 Å². The minimum Gasteiger partial charge on any atom is -0.455 e. The van der Waals surface area contributed by atoms with Crippen LogP contribution in [-0.2, 0) is 21.2 Å². The normalized spacial score (nSPS) is 13.0. The molecule has 1 aliphatic rings. The molecule has 1 heterocycles. The Kier molecular flexibility index (Phi) is 4.29. The first kappa shape index (κ1) is 17.1. The predicted molar refractivity (Wildman–Crippen MR) is 103 cm³/mol. The molecule has 1 aliphatic heterocycles. The fraction of sp³-hybridized carbons (Fsp3) is 0.0500. The highest BCUT2D eigenvalue weighted by molar-refractivity contribution is 7.92. The van der Waals surface area contributed by atoms with Crippen molar-refractivity contribution in [3.05, 3.63) is 78.4 Å². The molecule has 0 saturated heterocycles. The van der Waals surface area contributed by atoms with E-state index in [4.69, 9.17) is 4.74 Å². The van der Waals surface area contributed by atoms with Gasteiger partial charge in [0.2, 0.25) is 5.91 Å². The number of benzene rings is 3. The Bertz CT molecular complexity index is 1110. The number of rotatable bonds is 5. The topological polar surface area (TPSA) is 84.5 Å². The molecule has 2 N–H and O–H groups in total. The molecule has 0 saturated carbocycles. The van der Waals surface area contributed by atoms with Crippen LogP contribution in [0.15, 0.2) is 77.7 Å². The molecule has 1 amide bonds. The van der Waals surface area contributed by atoms with Crippen LogP contribution < -0.4 is 14.8 Å². The largest absolute Gasteiger partial charge is 0.455 e. The van der Waals surface area contributed by atoms with Gasteiger partial charge >= 0.3 is 0 Å². The summed E-state index contributed by atoms with van der Waals surface area (Å²) in [6.07, 6.45) is 0.173. The summed E-state index contributed by atoms with van der Waals surface area (Å²) in [4.78, 5) is 11.6. The molecule has 3 aromatic rings. The molecule has 0 radical (unpaired) electrons. The first-order chi connectivity index (χ1) is 13.0. The summed E-state index contributed by atoms with van der Waals surface area (Å²) < 4.78 is 34.0. The van der Waals surface area contributed by atoms with Crippen molar-refractivity contribution in [2.45, 2.75) is 11.3 Å². The van der Waals surface area contributed by atoms with Crippen molar-refractivity contribution in [1.29, 1.82) is 0 Å². The van der Waals surface area contributed by atoms with Crippen molar-refractivity contribution >= 4 is 27.3 Å². The summed E-state index contributed by atoms with van der Waals surface area (Å²) in [7, 11) is -3.84. The molecule has 136 valence electrons. The van der Waals surface area contributed by atoms with E-state index in [9.17, 15) is 13.2 Å². The Morgan fingerprint density at radius 1 is 0.926 bits per heavy atom. The Balaban J connectivity index is 1.62. The van der Waals surface area contributed by atoms with E-state index < -0.39 is 10.0 Å². The minimum atomic E-state index is -3.84. The molecule has 0 bridgehead atoms. The number of ether oxygens (including phenoxy) is 1. The van der Waals surface area contributed by atoms with Gasteiger partial charge in [-0.25, -0.2) is 8.42 Å². The second kappa shape index (κ2) is 6.77. The third-order valence-electron chi connectivity index (χ3n) is 4.11. The van der Waals surface area contributed by atoms with Gasteiger partial charge in [0.05, 0.1) is 17.0 Å². The molecule has 4 rings (SSSR count). The number of fused-ring (bicyclic) bond motifs is 1. The average Bonchev–Trinajstić information content (AvgIpc) is 3.03. The molecule has 6 nitrogen and oxygen atoms in total. The van der Waals surface area contributed by atoms with E-state index in [1.54, 1.807) is 42.5 Å². The third-order valence-corrected chi connectivity index (χ3v) is 5.48. The maximum absolute atomic E-state index is 12.8. The van der Waals surface area contributed by atoms with Crippen LogP contribution in [0.25, 0.3) is 0 Å². The first-order valence-electron chi connectivity index (χ1n) is 8.29. The van der Waals surface area contributed by atoms with E-state index in [2.05, 4.69) is 10.0 Å². The molecule has 27 heavy (non-hydrogen) atoms. The van der Waals surface area contributed by atoms with Crippen LogP contribution >= 0.6 is 0 Å². The zero-order valence-corrected chi connectivity index (χ0v) is 15.0. The summed E-state index contributed by atoms with van der Waals surface area (Å²) >= 11 is 0. The maximum Gasteiger partial charge on any atom is 0.262 e. The zero-order valence-electron chi connectivity index (χ0n) is 14.2. The van der Waals surface area contributed by atoms with Gasteiger partial charge in [-0.15, -0.1) is 0 Å². The fourth-order valence-electron chi connectivity index (χ4n) is 2.83. The summed E-state index contributed by atoms with van der Waals surface area (Å²) in [5.74, 6) is 0.852. The van der Waals surface area contributed by atoms with Gasteiger partial charge < -0.3 is 10.1 Å². The lowest BCUT2D eigenvalue weighted by Gasteiger charge is -2.14. The van der Waals surface area contributed by atoms with Gasteiger partial charge in [-0.1, -0.05) is 30.3 Å². The first-order valence-corrected chi connectivity index (χ1v) is 9.77. The lowest BCUT2D eigenvalue weighted by molar-refractivity contribution is -0.115. The number of anilines is 2. The Hall–Kier alpha value is -3.32. The summed E-state index contributed by atoms with van der Waals surface area (Å²) in [5, 5.41) is 2.69. The van der Waals surface area contributed by atoms with Crippen molar-refractivity contribution in [3.8, 4) is 11.5 Å². The Morgan fingerprint density at radius 3 is 2.48 bits per heavy atom. The monoisotopic (exact) mass is 380 g/mol. The molecule has 0 aliphatic carbocycles. The summed E-state index contributed by atoms with van der Waals surface area (Å²) in [5.41, 5.74) is 1.64. The van der Waals surface area contributed by atoms with Crippen molar-refractivity contribution in [2.75, 3.05) is 10.0 Å². The Labute approximate surface area is 156 Å². The third kappa shape index (κ3) is 3.63. The van der Waals surface area contributed by atoms with Crippen LogP contribution in [0.1, 0.15) is 5.56 Å². The highest BCUT2D eigenvalue weighted by Crippen LogP contribution is 2.32. The van der Waals surface area contributed by atoms with E-state index in [-0.39, 0.29) is 17.2 Å². The van der Waals surface area contributed by atoms with Gasteiger partial charge in [0.15, 0.2) is 5.75 Å². The molecule has 0 aromatic heterocycles. The van der Waals surface area contributed by atoms with Gasteiger partial charge in [0.1, 0.15) is 5.75 Å². The van der Waals surface area contributed by atoms with E-state index in [0.29, 0.717) is 28.4 Å². The van der Waals surface area contributed by atoms with Crippen molar-refractivity contribution in [2.24, 2.45) is 0 Å². The van der Waals surface area contributed by atoms with E-state index in [1.165, 1.54) is 12.1 Å². The molecular weight excluding hydrogens is 364 g/mol. The van der Waals surface area contributed by atoms with Crippen LogP contribution in [0.5, 0.6) is 11.5 Å². The highest BCUT2D eigenvalue weighted by Gasteiger charge is 2.22. The lowest BCUT2D eigenvalue weighted by Crippen LogP contribution is -2.13. The number of carbonyl (C=O) groups is 1. The number of hydrogen-bond donors (Lipinski definition) is 2. The van der Waals surface area contributed by atoms with Crippen LogP contribution in [-0.4, -0.2) is 14.3 Å². The number of carbonyl (C=O) groups excluding carboxylic acids is 1. The minimum absolute atomic E-state index is 0.0901. The number of para-hydroxylation sites is 3. The van der Waals surface area contributed by atoms with Crippen LogP contribution in [0, 0.1) is 0 Å². The zero-order chi connectivity index (χ0) is 18.9. The Morgan fingerprint density at radius 2 is 1.67 bits per heavy atom. The highest BCUT2D eigenvalue weighted by atomic mass is 32.2. The van der Waals surface area contributed by atoms with E-state index >= 15 is 0 Å². The lowest BCUT2D eigenvalue weighted by atomic mass is 10.2. The molecule has 3 aromatic carbocycles. The SMILES string of the molecule is O=C1Cc2cc(S(=O)(=O)Nc3ccccc3Oc3ccccc3)ccc2N1. The van der Waals surface area contributed by atoms with Crippen molar-refractivity contribution < 1.29 is 17.9 Å². The number of hydrogen-bond acceptors (Lipinski definition) is 4. The number of nitrogens with one attached hydrogen (secondary N) is 2. The second-order valence-corrected chi connectivity index (χ2v) is 7.74. The van der Waals surface area contributed by atoms with E-state index in [1.807, 2.05) is 18.2 Å². The summed E-state index contributed by atoms with van der Waals surface area (Å²) in [6.45, 7) is 0. The molecule has 0 spiro atoms. The van der Waals surface area contributed by atoms with Gasteiger partial charge in [-0.2, -0.15) is 0 Å². The number of sulfonamides is 1. The predicted octanol–water partition coefficient (Wildman–Crippen LogP) is 3.77. The van der Waals surface area contributed by atoms with Crippen LogP contribution in [0.4, 0.5) is 11.4 Å². The van der Waals surface area contributed by atoms with Gasteiger partial charge in [-0.3, -0.25) is 9.52 Å². The molecule has 0 unspecified atom stereocenters. The number of amides is 1. The molecule has 0 atom stereocenters. The van der Waals surface area contributed by atoms with E-state index in [0.717, 1.165) is 0 Å². The molecule has 7 heteroatoms. The molecular formula is C20H16N2O4S. The fourth-order valence-corrected chi connectivity index (χ4v) is 3.95. The second-order valence-electron chi connectivity index (χ2n) is 6.06. The van der Waals surface area contributed by atoms with Gasteiger partial charge in [0.25, 0.3) is 10.0 Å². The summed E-state index contributed by atoms with van der Waals surface area (Å²) in [6, 6.07) is 20.5. The molecule has 0 fully saturated rings. The average molecular weight is 380 g/mol. The quantitative estimate of drug-likeness (QED) is 0.706. The smallest absolute Gasteiger partial charge is 0.262 e. The van der Waals surface area contributed by atoms with Crippen LogP contribution in [0.3, 0.4) is 0 Å².